The van der Waals surface area contributed by atoms with Gasteiger partial charge in [-0.15, -0.1) is 0 Å². The lowest BCUT2D eigenvalue weighted by atomic mass is 9.85. The fraction of sp³-hybridized carbons (Fsp3) is 0.667. The van der Waals surface area contributed by atoms with E-state index in [1.54, 1.807) is 0 Å². The third-order valence-electron chi connectivity index (χ3n) is 5.65. The summed E-state index contributed by atoms with van der Waals surface area (Å²) in [6.45, 7) is 6.80. The molecule has 2 aliphatic rings. The molecule has 0 radical (unpaired) electrons. The van der Waals surface area contributed by atoms with E-state index in [-0.39, 0.29) is 11.6 Å². The van der Waals surface area contributed by atoms with E-state index in [0.29, 0.717) is 11.8 Å². The smallest absolute Gasteiger partial charge is 0.0755 e. The second-order valence-electron chi connectivity index (χ2n) is 6.77. The fourth-order valence-corrected chi connectivity index (χ4v) is 3.96. The number of aliphatic hydroxyl groups is 1. The number of hydrogen-bond acceptors (Lipinski definition) is 2. The monoisotopic (exact) mass is 273 g/mol. The van der Waals surface area contributed by atoms with Gasteiger partial charge < -0.3 is 5.11 Å². The summed E-state index contributed by atoms with van der Waals surface area (Å²) in [7, 11) is 0. The fourth-order valence-electron chi connectivity index (χ4n) is 3.96. The molecular formula is C18H27NO. The van der Waals surface area contributed by atoms with E-state index in [2.05, 4.69) is 49.1 Å². The van der Waals surface area contributed by atoms with Crippen molar-refractivity contribution in [3.05, 3.63) is 35.9 Å². The molecule has 3 rings (SSSR count). The summed E-state index contributed by atoms with van der Waals surface area (Å²) in [4.78, 5) is 2.53. The molecule has 2 nitrogen and oxygen atoms in total. The van der Waals surface area contributed by atoms with E-state index in [1.807, 2.05) is 0 Å². The van der Waals surface area contributed by atoms with Crippen LogP contribution in [0.25, 0.3) is 0 Å². The van der Waals surface area contributed by atoms with Crippen molar-refractivity contribution in [2.75, 3.05) is 13.1 Å². The second-order valence-corrected chi connectivity index (χ2v) is 6.77. The molecule has 0 spiro atoms. The van der Waals surface area contributed by atoms with Crippen molar-refractivity contribution in [1.82, 2.24) is 4.90 Å². The van der Waals surface area contributed by atoms with Crippen LogP contribution in [0.2, 0.25) is 0 Å². The van der Waals surface area contributed by atoms with Crippen molar-refractivity contribution >= 4 is 0 Å². The lowest BCUT2D eigenvalue weighted by Crippen LogP contribution is -2.54. The topological polar surface area (TPSA) is 23.5 Å². The third-order valence-corrected chi connectivity index (χ3v) is 5.65. The lowest BCUT2D eigenvalue weighted by Gasteiger charge is -2.42. The molecule has 1 aromatic carbocycles. The molecule has 1 aliphatic heterocycles. The van der Waals surface area contributed by atoms with E-state index in [0.717, 1.165) is 25.9 Å². The van der Waals surface area contributed by atoms with Crippen LogP contribution in [0.3, 0.4) is 0 Å². The Morgan fingerprint density at radius 3 is 2.50 bits per heavy atom. The van der Waals surface area contributed by atoms with Crippen LogP contribution in [-0.4, -0.2) is 34.7 Å². The maximum Gasteiger partial charge on any atom is 0.0755 e. The number of benzene rings is 1. The summed E-state index contributed by atoms with van der Waals surface area (Å²) >= 11 is 0. The van der Waals surface area contributed by atoms with Gasteiger partial charge in [0.1, 0.15) is 0 Å². The van der Waals surface area contributed by atoms with Crippen LogP contribution in [0.1, 0.15) is 51.0 Å². The standard InChI is InChI=1S/C18H27NO/c1-3-18(2,19-11-7-8-12-19)17(20)16-13-15(16)14-9-5-4-6-10-14/h4-6,9-10,15-17,20H,3,7-8,11-13H2,1-2H3. The first-order valence-electron chi connectivity index (χ1n) is 8.15. The molecule has 20 heavy (non-hydrogen) atoms. The zero-order valence-corrected chi connectivity index (χ0v) is 12.8. The van der Waals surface area contributed by atoms with E-state index < -0.39 is 0 Å². The van der Waals surface area contributed by atoms with Gasteiger partial charge in [0.25, 0.3) is 0 Å². The molecule has 110 valence electrons. The zero-order chi connectivity index (χ0) is 14.2. The highest BCUT2D eigenvalue weighted by Crippen LogP contribution is 2.52. The van der Waals surface area contributed by atoms with Gasteiger partial charge in [-0.05, 0) is 63.1 Å². The average molecular weight is 273 g/mol. The number of rotatable bonds is 5. The Bertz CT molecular complexity index is 440. The predicted molar refractivity (Wildman–Crippen MR) is 82.8 cm³/mol. The third kappa shape index (κ3) is 2.40. The largest absolute Gasteiger partial charge is 0.391 e. The van der Waals surface area contributed by atoms with Crippen molar-refractivity contribution in [1.29, 1.82) is 0 Å². The molecule has 0 bridgehead atoms. The Balaban J connectivity index is 1.71. The van der Waals surface area contributed by atoms with Crippen LogP contribution in [0.5, 0.6) is 0 Å². The Labute approximate surface area is 122 Å². The molecule has 2 fully saturated rings. The molecule has 0 aromatic heterocycles. The van der Waals surface area contributed by atoms with Crippen molar-refractivity contribution in [3.63, 3.8) is 0 Å². The Kier molecular flexibility index (Phi) is 3.87. The van der Waals surface area contributed by atoms with E-state index in [1.165, 1.54) is 18.4 Å². The minimum atomic E-state index is -0.198. The predicted octanol–water partition coefficient (Wildman–Crippen LogP) is 3.42. The minimum absolute atomic E-state index is 0.0370. The van der Waals surface area contributed by atoms with E-state index >= 15 is 0 Å². The molecule has 1 saturated carbocycles. The minimum Gasteiger partial charge on any atom is -0.391 e. The van der Waals surface area contributed by atoms with Crippen molar-refractivity contribution < 1.29 is 5.11 Å². The summed E-state index contributed by atoms with van der Waals surface area (Å²) < 4.78 is 0. The van der Waals surface area contributed by atoms with Crippen LogP contribution in [0.15, 0.2) is 30.3 Å². The van der Waals surface area contributed by atoms with Gasteiger partial charge >= 0.3 is 0 Å². The van der Waals surface area contributed by atoms with Gasteiger partial charge in [0, 0.05) is 5.54 Å². The molecule has 2 heteroatoms. The molecule has 1 heterocycles. The molecule has 4 unspecified atom stereocenters. The van der Waals surface area contributed by atoms with Gasteiger partial charge in [0.15, 0.2) is 0 Å². The highest BCUT2D eigenvalue weighted by molar-refractivity contribution is 5.27. The number of hydrogen-bond donors (Lipinski definition) is 1. The summed E-state index contributed by atoms with van der Waals surface area (Å²) in [5.74, 6) is 1.02. The van der Waals surface area contributed by atoms with Crippen molar-refractivity contribution in [2.45, 2.75) is 57.1 Å². The highest BCUT2D eigenvalue weighted by Gasteiger charge is 2.51. The summed E-state index contributed by atoms with van der Waals surface area (Å²) in [6, 6.07) is 10.7. The van der Waals surface area contributed by atoms with Gasteiger partial charge in [-0.25, -0.2) is 0 Å². The van der Waals surface area contributed by atoms with Crippen LogP contribution >= 0.6 is 0 Å². The first kappa shape index (κ1) is 14.1. The zero-order valence-electron chi connectivity index (χ0n) is 12.8. The molecule has 1 aliphatic carbocycles. The quantitative estimate of drug-likeness (QED) is 0.888. The van der Waals surface area contributed by atoms with Gasteiger partial charge in [0.05, 0.1) is 6.10 Å². The van der Waals surface area contributed by atoms with Crippen LogP contribution < -0.4 is 0 Å². The van der Waals surface area contributed by atoms with Gasteiger partial charge in [-0.1, -0.05) is 37.3 Å². The second kappa shape index (κ2) is 5.50. The first-order valence-corrected chi connectivity index (χ1v) is 8.15. The Morgan fingerprint density at radius 1 is 1.25 bits per heavy atom. The lowest BCUT2D eigenvalue weighted by molar-refractivity contribution is -0.0256. The summed E-state index contributed by atoms with van der Waals surface area (Å²) in [6.07, 6.45) is 4.56. The highest BCUT2D eigenvalue weighted by atomic mass is 16.3. The first-order chi connectivity index (χ1) is 9.66. The number of likely N-dealkylation sites (tertiary alicyclic amines) is 1. The van der Waals surface area contributed by atoms with Gasteiger partial charge in [0.2, 0.25) is 0 Å². The molecule has 4 atom stereocenters. The molecular weight excluding hydrogens is 246 g/mol. The molecule has 0 amide bonds. The average Bonchev–Trinajstić information content (AvgIpc) is 3.10. The Hall–Kier alpha value is -0.860. The normalized spacial score (nSPS) is 30.9. The van der Waals surface area contributed by atoms with Crippen molar-refractivity contribution in [2.24, 2.45) is 5.92 Å². The van der Waals surface area contributed by atoms with Crippen LogP contribution in [0, 0.1) is 5.92 Å². The van der Waals surface area contributed by atoms with Crippen LogP contribution in [-0.2, 0) is 0 Å². The summed E-state index contributed by atoms with van der Waals surface area (Å²) in [5, 5.41) is 11.0. The number of aliphatic hydroxyl groups excluding tert-OH is 1. The van der Waals surface area contributed by atoms with Crippen molar-refractivity contribution in [3.8, 4) is 0 Å². The Morgan fingerprint density at radius 2 is 1.90 bits per heavy atom. The SMILES string of the molecule is CCC(C)(C(O)C1CC1c1ccccc1)N1CCCC1. The molecule has 1 N–H and O–H groups in total. The van der Waals surface area contributed by atoms with Gasteiger partial charge in [-0.3, -0.25) is 4.90 Å². The maximum atomic E-state index is 11.0. The van der Waals surface area contributed by atoms with E-state index in [4.69, 9.17) is 0 Å². The molecule has 1 aromatic rings. The molecule has 1 saturated heterocycles. The maximum absolute atomic E-state index is 11.0. The van der Waals surface area contributed by atoms with E-state index in [9.17, 15) is 5.11 Å². The van der Waals surface area contributed by atoms with Crippen LogP contribution in [0.4, 0.5) is 0 Å². The number of nitrogens with zero attached hydrogens (tertiary/aromatic N) is 1. The van der Waals surface area contributed by atoms with Gasteiger partial charge in [-0.2, -0.15) is 0 Å². The summed E-state index contributed by atoms with van der Waals surface area (Å²) in [5.41, 5.74) is 1.36.